The van der Waals surface area contributed by atoms with Crippen LogP contribution < -0.4 is 10.6 Å². The van der Waals surface area contributed by atoms with Gasteiger partial charge in [0.15, 0.2) is 0 Å². The first-order valence-electron chi connectivity index (χ1n) is 5.06. The van der Waals surface area contributed by atoms with Crippen molar-refractivity contribution in [2.45, 2.75) is 31.9 Å². The summed E-state index contributed by atoms with van der Waals surface area (Å²) >= 11 is 0. The molecule has 14 heavy (non-hydrogen) atoms. The Balaban J connectivity index is 2.13. The van der Waals surface area contributed by atoms with Crippen LogP contribution >= 0.6 is 0 Å². The fourth-order valence-corrected chi connectivity index (χ4v) is 1.31. The van der Waals surface area contributed by atoms with Gasteiger partial charge >= 0.3 is 6.09 Å². The largest absolute Gasteiger partial charge is 0.450 e. The molecule has 0 unspecified atom stereocenters. The van der Waals surface area contributed by atoms with Crippen LogP contribution in [-0.4, -0.2) is 43.0 Å². The molecule has 1 rings (SSSR count). The van der Waals surface area contributed by atoms with Crippen LogP contribution in [0.5, 0.6) is 0 Å². The fourth-order valence-electron chi connectivity index (χ4n) is 1.31. The number of hydrogen-bond acceptors (Lipinski definition) is 4. The third-order valence-corrected chi connectivity index (χ3v) is 2.22. The SMILES string of the molecule is CCCCOC(=O)N[C@@H]1CNC[C@H]1O. The molecule has 1 amide bonds. The van der Waals surface area contributed by atoms with E-state index in [9.17, 15) is 9.90 Å². The number of amides is 1. The van der Waals surface area contributed by atoms with Gasteiger partial charge < -0.3 is 20.5 Å². The van der Waals surface area contributed by atoms with Crippen LogP contribution in [0, 0.1) is 0 Å². The highest BCUT2D eigenvalue weighted by Crippen LogP contribution is 1.99. The van der Waals surface area contributed by atoms with E-state index in [0.29, 0.717) is 19.7 Å². The number of hydrogen-bond donors (Lipinski definition) is 3. The summed E-state index contributed by atoms with van der Waals surface area (Å²) in [6, 6.07) is -0.218. The lowest BCUT2D eigenvalue weighted by atomic mass is 10.2. The second-order valence-electron chi connectivity index (χ2n) is 3.47. The number of alkyl carbamates (subject to hydrolysis) is 1. The van der Waals surface area contributed by atoms with Crippen LogP contribution in [0.4, 0.5) is 4.79 Å². The molecule has 0 radical (unpaired) electrons. The lowest BCUT2D eigenvalue weighted by molar-refractivity contribution is 0.122. The summed E-state index contributed by atoms with van der Waals surface area (Å²) in [5.74, 6) is 0. The van der Waals surface area contributed by atoms with E-state index >= 15 is 0 Å². The monoisotopic (exact) mass is 202 g/mol. The Kier molecular flexibility index (Phi) is 4.69. The second kappa shape index (κ2) is 5.82. The maximum atomic E-state index is 11.1. The summed E-state index contributed by atoms with van der Waals surface area (Å²) in [7, 11) is 0. The number of nitrogens with one attached hydrogen (secondary N) is 2. The van der Waals surface area contributed by atoms with Crippen molar-refractivity contribution in [1.29, 1.82) is 0 Å². The van der Waals surface area contributed by atoms with E-state index in [1.165, 1.54) is 0 Å². The molecule has 1 heterocycles. The molecule has 0 aromatic carbocycles. The summed E-state index contributed by atoms with van der Waals surface area (Å²) < 4.78 is 4.90. The summed E-state index contributed by atoms with van der Waals surface area (Å²) in [6.45, 7) is 3.61. The molecular weight excluding hydrogens is 184 g/mol. The molecule has 2 atom stereocenters. The lowest BCUT2D eigenvalue weighted by Crippen LogP contribution is -2.43. The second-order valence-corrected chi connectivity index (χ2v) is 3.47. The van der Waals surface area contributed by atoms with Gasteiger partial charge in [-0.05, 0) is 6.42 Å². The summed E-state index contributed by atoms with van der Waals surface area (Å²) in [5, 5.41) is 15.0. The predicted octanol–water partition coefficient (Wildman–Crippen LogP) is -0.155. The van der Waals surface area contributed by atoms with Crippen molar-refractivity contribution >= 4 is 6.09 Å². The molecule has 1 fully saturated rings. The smallest absolute Gasteiger partial charge is 0.407 e. The molecule has 1 saturated heterocycles. The first kappa shape index (κ1) is 11.3. The number of β-amino-alcohol motifs (C(OH)–C–C–N with tert-alkyl or cyclic N) is 1. The molecular formula is C9H18N2O3. The number of carbonyl (C=O) groups excluding carboxylic acids is 1. The van der Waals surface area contributed by atoms with E-state index in [1.54, 1.807) is 0 Å². The summed E-state index contributed by atoms with van der Waals surface area (Å²) in [5.41, 5.74) is 0. The molecule has 82 valence electrons. The Morgan fingerprint density at radius 1 is 1.64 bits per heavy atom. The van der Waals surface area contributed by atoms with Crippen LogP contribution in [0.2, 0.25) is 0 Å². The number of carbonyl (C=O) groups is 1. The standard InChI is InChI=1S/C9H18N2O3/c1-2-3-4-14-9(13)11-7-5-10-6-8(7)12/h7-8,10,12H,2-6H2,1H3,(H,11,13)/t7-,8-/m1/s1. The maximum Gasteiger partial charge on any atom is 0.407 e. The van der Waals surface area contributed by atoms with Crippen molar-refractivity contribution in [3.8, 4) is 0 Å². The van der Waals surface area contributed by atoms with Crippen LogP contribution in [0.25, 0.3) is 0 Å². The van der Waals surface area contributed by atoms with Gasteiger partial charge in [-0.25, -0.2) is 4.79 Å². The molecule has 1 aliphatic heterocycles. The van der Waals surface area contributed by atoms with Crippen LogP contribution in [0.1, 0.15) is 19.8 Å². The summed E-state index contributed by atoms with van der Waals surface area (Å²) in [4.78, 5) is 11.1. The van der Waals surface area contributed by atoms with Gasteiger partial charge in [-0.15, -0.1) is 0 Å². The Morgan fingerprint density at radius 2 is 2.43 bits per heavy atom. The zero-order chi connectivity index (χ0) is 10.4. The average molecular weight is 202 g/mol. The minimum atomic E-state index is -0.506. The van der Waals surface area contributed by atoms with Gasteiger partial charge in [-0.2, -0.15) is 0 Å². The number of aliphatic hydroxyl groups is 1. The number of aliphatic hydroxyl groups excluding tert-OH is 1. The molecule has 0 saturated carbocycles. The minimum absolute atomic E-state index is 0.218. The third kappa shape index (κ3) is 3.51. The third-order valence-electron chi connectivity index (χ3n) is 2.22. The van der Waals surface area contributed by atoms with Gasteiger partial charge in [0.05, 0.1) is 18.8 Å². The van der Waals surface area contributed by atoms with Gasteiger partial charge in [0, 0.05) is 13.1 Å². The van der Waals surface area contributed by atoms with E-state index in [-0.39, 0.29) is 6.04 Å². The predicted molar refractivity (Wildman–Crippen MR) is 52.1 cm³/mol. The van der Waals surface area contributed by atoms with Crippen molar-refractivity contribution in [2.24, 2.45) is 0 Å². The van der Waals surface area contributed by atoms with Gasteiger partial charge in [-0.1, -0.05) is 13.3 Å². The molecule has 5 nitrogen and oxygen atoms in total. The lowest BCUT2D eigenvalue weighted by Gasteiger charge is -2.14. The zero-order valence-electron chi connectivity index (χ0n) is 8.45. The topological polar surface area (TPSA) is 70.6 Å². The molecule has 0 aromatic heterocycles. The van der Waals surface area contributed by atoms with Crippen molar-refractivity contribution in [2.75, 3.05) is 19.7 Å². The Morgan fingerprint density at radius 3 is 3.00 bits per heavy atom. The molecule has 0 aromatic rings. The van der Waals surface area contributed by atoms with Gasteiger partial charge in [0.1, 0.15) is 0 Å². The van der Waals surface area contributed by atoms with Crippen LogP contribution in [0.3, 0.4) is 0 Å². The van der Waals surface area contributed by atoms with E-state index in [4.69, 9.17) is 4.74 Å². The maximum absolute atomic E-state index is 11.1. The normalized spacial score (nSPS) is 26.1. The molecule has 5 heteroatoms. The highest BCUT2D eigenvalue weighted by molar-refractivity contribution is 5.67. The summed E-state index contributed by atoms with van der Waals surface area (Å²) in [6.07, 6.45) is 0.930. The van der Waals surface area contributed by atoms with Crippen LogP contribution in [-0.2, 0) is 4.74 Å². The van der Waals surface area contributed by atoms with E-state index < -0.39 is 12.2 Å². The van der Waals surface area contributed by atoms with E-state index in [0.717, 1.165) is 12.8 Å². The first-order chi connectivity index (χ1) is 6.74. The molecule has 0 bridgehead atoms. The van der Waals surface area contributed by atoms with Crippen molar-refractivity contribution in [3.63, 3.8) is 0 Å². The Hall–Kier alpha value is -0.810. The van der Waals surface area contributed by atoms with E-state index in [1.807, 2.05) is 6.92 Å². The van der Waals surface area contributed by atoms with Crippen molar-refractivity contribution in [1.82, 2.24) is 10.6 Å². The molecule has 0 aliphatic carbocycles. The van der Waals surface area contributed by atoms with Gasteiger partial charge in [-0.3, -0.25) is 0 Å². The van der Waals surface area contributed by atoms with Gasteiger partial charge in [0.25, 0.3) is 0 Å². The molecule has 3 N–H and O–H groups in total. The number of rotatable bonds is 4. The number of ether oxygens (including phenoxy) is 1. The van der Waals surface area contributed by atoms with Crippen molar-refractivity contribution < 1.29 is 14.6 Å². The molecule has 0 spiro atoms. The quantitative estimate of drug-likeness (QED) is 0.554. The minimum Gasteiger partial charge on any atom is -0.450 e. The van der Waals surface area contributed by atoms with Gasteiger partial charge in [0.2, 0.25) is 0 Å². The fraction of sp³-hybridized carbons (Fsp3) is 0.889. The highest BCUT2D eigenvalue weighted by atomic mass is 16.5. The number of unbranched alkanes of at least 4 members (excludes halogenated alkanes) is 1. The molecule has 1 aliphatic rings. The first-order valence-corrected chi connectivity index (χ1v) is 5.06. The highest BCUT2D eigenvalue weighted by Gasteiger charge is 2.26. The van der Waals surface area contributed by atoms with E-state index in [2.05, 4.69) is 10.6 Å². The van der Waals surface area contributed by atoms with Crippen molar-refractivity contribution in [3.05, 3.63) is 0 Å². The Labute approximate surface area is 83.8 Å². The average Bonchev–Trinajstić information content (AvgIpc) is 2.52. The van der Waals surface area contributed by atoms with Crippen LogP contribution in [0.15, 0.2) is 0 Å². The zero-order valence-corrected chi connectivity index (χ0v) is 8.45. The Bertz CT molecular complexity index is 187.